The van der Waals surface area contributed by atoms with Crippen molar-refractivity contribution in [2.24, 2.45) is 11.8 Å². The lowest BCUT2D eigenvalue weighted by Gasteiger charge is -2.18. The number of thioether (sulfide) groups is 1. The molecular formula is C11H16ClN3OS. The van der Waals surface area contributed by atoms with Gasteiger partial charge in [0.15, 0.2) is 0 Å². The summed E-state index contributed by atoms with van der Waals surface area (Å²) in [6.45, 7) is 3.78. The van der Waals surface area contributed by atoms with Crippen LogP contribution < -0.4 is 17.0 Å². The van der Waals surface area contributed by atoms with Gasteiger partial charge in [0.05, 0.1) is 5.02 Å². The van der Waals surface area contributed by atoms with Crippen molar-refractivity contribution in [1.82, 2.24) is 5.43 Å². The number of carbonyl (C=O) groups excluding carboxylic acids is 1. The smallest absolute Gasteiger partial charge is 0.237 e. The number of hydrazine groups is 1. The van der Waals surface area contributed by atoms with Gasteiger partial charge >= 0.3 is 0 Å². The molecule has 1 aromatic rings. The van der Waals surface area contributed by atoms with Crippen LogP contribution >= 0.6 is 23.4 Å². The number of rotatable bonds is 4. The number of benzene rings is 1. The first kappa shape index (κ1) is 14.2. The molecule has 5 N–H and O–H groups in total. The van der Waals surface area contributed by atoms with Crippen molar-refractivity contribution in [3.05, 3.63) is 23.2 Å². The molecule has 0 aliphatic carbocycles. The molecule has 0 bridgehead atoms. The number of anilines is 1. The molecule has 2 atom stereocenters. The SMILES string of the molecule is CC(Sc1ccc(N)cc1Cl)C(C)C(=O)NN. The largest absolute Gasteiger partial charge is 0.399 e. The number of halogens is 1. The normalized spacial score (nSPS) is 14.1. The van der Waals surface area contributed by atoms with Gasteiger partial charge in [-0.2, -0.15) is 0 Å². The molecule has 4 nitrogen and oxygen atoms in total. The molecule has 1 amide bonds. The van der Waals surface area contributed by atoms with E-state index in [0.29, 0.717) is 10.7 Å². The third-order valence-electron chi connectivity index (χ3n) is 2.53. The molecule has 0 saturated heterocycles. The Morgan fingerprint density at radius 3 is 2.65 bits per heavy atom. The quantitative estimate of drug-likeness (QED) is 0.258. The van der Waals surface area contributed by atoms with Gasteiger partial charge in [-0.3, -0.25) is 10.2 Å². The van der Waals surface area contributed by atoms with Gasteiger partial charge in [-0.05, 0) is 18.2 Å². The highest BCUT2D eigenvalue weighted by atomic mass is 35.5. The van der Waals surface area contributed by atoms with Crippen LogP contribution in [0.1, 0.15) is 13.8 Å². The number of amides is 1. The minimum Gasteiger partial charge on any atom is -0.399 e. The Morgan fingerprint density at radius 1 is 1.47 bits per heavy atom. The summed E-state index contributed by atoms with van der Waals surface area (Å²) in [5, 5.41) is 0.668. The van der Waals surface area contributed by atoms with Crippen LogP contribution in [0.25, 0.3) is 0 Å². The minimum atomic E-state index is -0.196. The van der Waals surface area contributed by atoms with E-state index in [2.05, 4.69) is 5.43 Å². The number of hydrogen-bond donors (Lipinski definition) is 3. The minimum absolute atomic E-state index is 0.0691. The van der Waals surface area contributed by atoms with Crippen LogP contribution in [0, 0.1) is 5.92 Å². The van der Waals surface area contributed by atoms with Gasteiger partial charge in [0.1, 0.15) is 0 Å². The van der Waals surface area contributed by atoms with Gasteiger partial charge in [-0.15, -0.1) is 11.8 Å². The van der Waals surface area contributed by atoms with Crippen LogP contribution in [-0.2, 0) is 4.79 Å². The van der Waals surface area contributed by atoms with Crippen LogP contribution in [0.15, 0.2) is 23.1 Å². The Hall–Kier alpha value is -0.910. The molecule has 0 radical (unpaired) electrons. The third kappa shape index (κ3) is 3.80. The highest BCUT2D eigenvalue weighted by molar-refractivity contribution is 8.00. The van der Waals surface area contributed by atoms with E-state index >= 15 is 0 Å². The average Bonchev–Trinajstić information content (AvgIpc) is 2.30. The van der Waals surface area contributed by atoms with E-state index in [0.717, 1.165) is 4.90 Å². The molecule has 0 spiro atoms. The van der Waals surface area contributed by atoms with Gasteiger partial charge in [-0.25, -0.2) is 5.84 Å². The van der Waals surface area contributed by atoms with Gasteiger partial charge in [0.25, 0.3) is 0 Å². The predicted molar refractivity (Wildman–Crippen MR) is 72.7 cm³/mol. The molecule has 6 heteroatoms. The summed E-state index contributed by atoms with van der Waals surface area (Å²) in [6.07, 6.45) is 0. The Labute approximate surface area is 110 Å². The van der Waals surface area contributed by atoms with Crippen molar-refractivity contribution in [3.63, 3.8) is 0 Å². The molecule has 94 valence electrons. The fraction of sp³-hybridized carbons (Fsp3) is 0.364. The molecule has 0 saturated carbocycles. The highest BCUT2D eigenvalue weighted by Crippen LogP contribution is 2.34. The first-order chi connectivity index (χ1) is 7.95. The lowest BCUT2D eigenvalue weighted by molar-refractivity contribution is -0.124. The van der Waals surface area contributed by atoms with E-state index in [9.17, 15) is 4.79 Å². The van der Waals surface area contributed by atoms with Crippen molar-refractivity contribution in [1.29, 1.82) is 0 Å². The predicted octanol–water partition coefficient (Wildman–Crippen LogP) is 2.03. The number of nitrogen functional groups attached to an aromatic ring is 1. The lowest BCUT2D eigenvalue weighted by atomic mass is 10.1. The molecular weight excluding hydrogens is 258 g/mol. The summed E-state index contributed by atoms with van der Waals surface area (Å²) in [4.78, 5) is 12.3. The van der Waals surface area contributed by atoms with Gasteiger partial charge in [0.2, 0.25) is 5.91 Å². The van der Waals surface area contributed by atoms with Crippen LogP contribution in [0.5, 0.6) is 0 Å². The third-order valence-corrected chi connectivity index (χ3v) is 4.34. The fourth-order valence-electron chi connectivity index (χ4n) is 1.26. The summed E-state index contributed by atoms with van der Waals surface area (Å²) in [5.74, 6) is 4.72. The van der Waals surface area contributed by atoms with Gasteiger partial charge in [-0.1, -0.05) is 25.4 Å². The number of nitrogens with two attached hydrogens (primary N) is 2. The number of carbonyl (C=O) groups is 1. The second-order valence-corrected chi connectivity index (χ2v) is 5.64. The van der Waals surface area contributed by atoms with E-state index in [-0.39, 0.29) is 17.1 Å². The molecule has 0 aliphatic rings. The lowest BCUT2D eigenvalue weighted by Crippen LogP contribution is -2.38. The van der Waals surface area contributed by atoms with Crippen LogP contribution in [-0.4, -0.2) is 11.2 Å². The second kappa shape index (κ2) is 6.14. The first-order valence-electron chi connectivity index (χ1n) is 5.18. The Bertz CT molecular complexity index is 414. The zero-order valence-electron chi connectivity index (χ0n) is 9.74. The van der Waals surface area contributed by atoms with Gasteiger partial charge < -0.3 is 5.73 Å². The maximum absolute atomic E-state index is 11.4. The summed E-state index contributed by atoms with van der Waals surface area (Å²) in [7, 11) is 0. The molecule has 1 aromatic carbocycles. The van der Waals surface area contributed by atoms with Crippen LogP contribution in [0.2, 0.25) is 5.02 Å². The number of hydrogen-bond acceptors (Lipinski definition) is 4. The molecule has 2 unspecified atom stereocenters. The van der Waals surface area contributed by atoms with Crippen molar-refractivity contribution in [2.75, 3.05) is 5.73 Å². The Balaban J connectivity index is 2.74. The molecule has 1 rings (SSSR count). The van der Waals surface area contributed by atoms with E-state index in [4.69, 9.17) is 23.2 Å². The molecule has 0 fully saturated rings. The van der Waals surface area contributed by atoms with Crippen LogP contribution in [0.3, 0.4) is 0 Å². The zero-order valence-corrected chi connectivity index (χ0v) is 11.3. The second-order valence-electron chi connectivity index (χ2n) is 3.81. The van der Waals surface area contributed by atoms with E-state index < -0.39 is 0 Å². The van der Waals surface area contributed by atoms with Crippen molar-refractivity contribution < 1.29 is 4.79 Å². The summed E-state index contributed by atoms with van der Waals surface area (Å²) in [6, 6.07) is 5.34. The summed E-state index contributed by atoms with van der Waals surface area (Å²) in [5.41, 5.74) is 8.39. The van der Waals surface area contributed by atoms with E-state index in [1.54, 1.807) is 12.1 Å². The highest BCUT2D eigenvalue weighted by Gasteiger charge is 2.21. The molecule has 0 heterocycles. The van der Waals surface area contributed by atoms with Gasteiger partial charge in [0, 0.05) is 21.8 Å². The zero-order chi connectivity index (χ0) is 13.0. The standard InChI is InChI=1S/C11H16ClN3OS/c1-6(11(16)15-14)7(2)17-10-4-3-8(13)5-9(10)12/h3-7H,13-14H2,1-2H3,(H,15,16). The topological polar surface area (TPSA) is 81.1 Å². The maximum Gasteiger partial charge on any atom is 0.237 e. The molecule has 0 aliphatic heterocycles. The number of nitrogens with one attached hydrogen (secondary N) is 1. The molecule has 17 heavy (non-hydrogen) atoms. The monoisotopic (exact) mass is 273 g/mol. The Kier molecular flexibility index (Phi) is 5.11. The first-order valence-corrected chi connectivity index (χ1v) is 6.43. The average molecular weight is 274 g/mol. The van der Waals surface area contributed by atoms with Crippen LogP contribution in [0.4, 0.5) is 5.69 Å². The summed E-state index contributed by atoms with van der Waals surface area (Å²) >= 11 is 7.59. The maximum atomic E-state index is 11.4. The molecule has 0 aromatic heterocycles. The Morgan fingerprint density at radius 2 is 2.12 bits per heavy atom. The van der Waals surface area contributed by atoms with Crippen molar-refractivity contribution >= 4 is 35.0 Å². The fourth-order valence-corrected chi connectivity index (χ4v) is 2.63. The summed E-state index contributed by atoms with van der Waals surface area (Å²) < 4.78 is 0. The van der Waals surface area contributed by atoms with Crippen molar-refractivity contribution in [3.8, 4) is 0 Å². The van der Waals surface area contributed by atoms with E-state index in [1.807, 2.05) is 19.9 Å². The van der Waals surface area contributed by atoms with E-state index in [1.165, 1.54) is 11.8 Å². The van der Waals surface area contributed by atoms with Crippen molar-refractivity contribution in [2.45, 2.75) is 24.0 Å².